The summed E-state index contributed by atoms with van der Waals surface area (Å²) in [4.78, 5) is 23.8. The Hall–Kier alpha value is -1.36. The fraction of sp³-hybridized carbons (Fsp3) is 0.600. The first-order valence-corrected chi connectivity index (χ1v) is 8.20. The highest BCUT2D eigenvalue weighted by Gasteiger charge is 2.25. The molecule has 0 radical (unpaired) electrons. The van der Waals surface area contributed by atoms with E-state index in [9.17, 15) is 9.59 Å². The van der Waals surface area contributed by atoms with Crippen molar-refractivity contribution in [1.82, 2.24) is 10.6 Å². The van der Waals surface area contributed by atoms with Crippen LogP contribution in [0.5, 0.6) is 0 Å². The van der Waals surface area contributed by atoms with E-state index in [2.05, 4.69) is 22.1 Å². The van der Waals surface area contributed by atoms with Gasteiger partial charge in [-0.25, -0.2) is 0 Å². The van der Waals surface area contributed by atoms with Crippen molar-refractivity contribution >= 4 is 23.2 Å². The van der Waals surface area contributed by atoms with Gasteiger partial charge in [-0.3, -0.25) is 9.59 Å². The lowest BCUT2D eigenvalue weighted by Crippen LogP contribution is -2.46. The Bertz CT molecular complexity index is 439. The minimum atomic E-state index is -0.453. The number of rotatable bonds is 6. The van der Waals surface area contributed by atoms with Crippen LogP contribution in [0.4, 0.5) is 0 Å². The number of hydrogen-bond acceptors (Lipinski definition) is 3. The van der Waals surface area contributed by atoms with Gasteiger partial charge in [-0.15, -0.1) is 0 Å². The number of thiophene rings is 1. The molecule has 0 aromatic carbocycles. The molecule has 0 bridgehead atoms. The molecule has 0 saturated heterocycles. The molecule has 1 aromatic rings. The van der Waals surface area contributed by atoms with Crippen LogP contribution in [0.1, 0.15) is 38.2 Å². The summed E-state index contributed by atoms with van der Waals surface area (Å²) in [5, 5.41) is 9.79. The Kier molecular flexibility index (Phi) is 5.59. The minimum absolute atomic E-state index is 0.0305. The van der Waals surface area contributed by atoms with Crippen LogP contribution in [0.2, 0.25) is 0 Å². The molecule has 110 valence electrons. The Morgan fingerprint density at radius 2 is 2.15 bits per heavy atom. The maximum atomic E-state index is 11.9. The Labute approximate surface area is 124 Å². The molecule has 1 heterocycles. The zero-order chi connectivity index (χ0) is 14.4. The molecule has 1 saturated carbocycles. The lowest BCUT2D eigenvalue weighted by molar-refractivity contribution is -0.130. The van der Waals surface area contributed by atoms with Gasteiger partial charge in [-0.1, -0.05) is 12.8 Å². The van der Waals surface area contributed by atoms with E-state index >= 15 is 0 Å². The third kappa shape index (κ3) is 4.34. The van der Waals surface area contributed by atoms with Crippen LogP contribution in [-0.2, 0) is 16.0 Å². The van der Waals surface area contributed by atoms with Crippen molar-refractivity contribution in [3.63, 3.8) is 0 Å². The Balaban J connectivity index is 1.67. The fourth-order valence-electron chi connectivity index (χ4n) is 2.50. The molecule has 0 spiro atoms. The average Bonchev–Trinajstić information content (AvgIpc) is 3.11. The smallest absolute Gasteiger partial charge is 0.242 e. The first-order chi connectivity index (χ1) is 9.66. The average molecular weight is 294 g/mol. The molecular weight excluding hydrogens is 272 g/mol. The second-order valence-electron chi connectivity index (χ2n) is 5.38. The summed E-state index contributed by atoms with van der Waals surface area (Å²) >= 11 is 1.66. The molecule has 2 N–H and O–H groups in total. The van der Waals surface area contributed by atoms with Gasteiger partial charge in [-0.05, 0) is 48.6 Å². The van der Waals surface area contributed by atoms with Crippen LogP contribution in [0.3, 0.4) is 0 Å². The third-order valence-electron chi connectivity index (χ3n) is 3.77. The van der Waals surface area contributed by atoms with Gasteiger partial charge in [0.25, 0.3) is 0 Å². The molecule has 0 unspecified atom stereocenters. The number of carbonyl (C=O) groups is 2. The van der Waals surface area contributed by atoms with E-state index in [-0.39, 0.29) is 17.7 Å². The maximum Gasteiger partial charge on any atom is 0.242 e. The van der Waals surface area contributed by atoms with Crippen molar-refractivity contribution in [2.45, 2.75) is 45.1 Å². The quantitative estimate of drug-likeness (QED) is 0.844. The van der Waals surface area contributed by atoms with E-state index in [1.807, 2.05) is 5.38 Å². The summed E-state index contributed by atoms with van der Waals surface area (Å²) in [5.74, 6) is 0.0330. The van der Waals surface area contributed by atoms with Gasteiger partial charge in [0.15, 0.2) is 0 Å². The van der Waals surface area contributed by atoms with Gasteiger partial charge in [0.1, 0.15) is 6.04 Å². The standard InChI is InChI=1S/C15H22N2O2S/c1-11(17-15(19)13-4-2-3-5-13)14(18)16-8-6-12-7-9-20-10-12/h7,9-11,13H,2-6,8H2,1H3,(H,16,18)(H,17,19)/t11-/m0/s1. The number of hydrogen-bond donors (Lipinski definition) is 2. The second kappa shape index (κ2) is 7.43. The molecule has 1 atom stereocenters. The first kappa shape index (κ1) is 15.0. The SMILES string of the molecule is C[C@H](NC(=O)C1CCCC1)C(=O)NCCc1ccsc1. The van der Waals surface area contributed by atoms with Gasteiger partial charge < -0.3 is 10.6 Å². The predicted octanol–water partition coefficient (Wildman–Crippen LogP) is 2.10. The largest absolute Gasteiger partial charge is 0.354 e. The molecule has 5 heteroatoms. The van der Waals surface area contributed by atoms with Crippen LogP contribution in [0, 0.1) is 5.92 Å². The molecule has 2 rings (SSSR count). The van der Waals surface area contributed by atoms with E-state index < -0.39 is 6.04 Å². The monoisotopic (exact) mass is 294 g/mol. The minimum Gasteiger partial charge on any atom is -0.354 e. The Morgan fingerprint density at radius 1 is 1.40 bits per heavy atom. The number of carbonyl (C=O) groups excluding carboxylic acids is 2. The van der Waals surface area contributed by atoms with Gasteiger partial charge in [0.2, 0.25) is 11.8 Å². The molecule has 0 aliphatic heterocycles. The maximum absolute atomic E-state index is 11.9. The van der Waals surface area contributed by atoms with Crippen molar-refractivity contribution in [2.75, 3.05) is 6.54 Å². The molecule has 1 aliphatic rings. The summed E-state index contributed by atoms with van der Waals surface area (Å²) in [7, 11) is 0. The van der Waals surface area contributed by atoms with Crippen molar-refractivity contribution in [3.8, 4) is 0 Å². The summed E-state index contributed by atoms with van der Waals surface area (Å²) < 4.78 is 0. The van der Waals surface area contributed by atoms with Gasteiger partial charge >= 0.3 is 0 Å². The highest BCUT2D eigenvalue weighted by Crippen LogP contribution is 2.24. The predicted molar refractivity (Wildman–Crippen MR) is 80.6 cm³/mol. The van der Waals surface area contributed by atoms with Crippen molar-refractivity contribution in [2.24, 2.45) is 5.92 Å². The highest BCUT2D eigenvalue weighted by molar-refractivity contribution is 7.07. The van der Waals surface area contributed by atoms with E-state index in [4.69, 9.17) is 0 Å². The zero-order valence-corrected chi connectivity index (χ0v) is 12.7. The molecule has 1 aromatic heterocycles. The summed E-state index contributed by atoms with van der Waals surface area (Å²) in [6, 6.07) is 1.60. The van der Waals surface area contributed by atoms with Gasteiger partial charge in [0.05, 0.1) is 0 Å². The molecule has 2 amide bonds. The van der Waals surface area contributed by atoms with Crippen molar-refractivity contribution in [1.29, 1.82) is 0 Å². The van der Waals surface area contributed by atoms with Gasteiger partial charge in [-0.2, -0.15) is 11.3 Å². The van der Waals surface area contributed by atoms with Crippen LogP contribution < -0.4 is 10.6 Å². The van der Waals surface area contributed by atoms with Crippen LogP contribution in [0.25, 0.3) is 0 Å². The highest BCUT2D eigenvalue weighted by atomic mass is 32.1. The molecule has 1 aliphatic carbocycles. The molecule has 1 fully saturated rings. The normalized spacial score (nSPS) is 16.9. The molecular formula is C15H22N2O2S. The second-order valence-corrected chi connectivity index (χ2v) is 6.16. The van der Waals surface area contributed by atoms with Crippen molar-refractivity contribution in [3.05, 3.63) is 22.4 Å². The number of nitrogens with one attached hydrogen (secondary N) is 2. The zero-order valence-electron chi connectivity index (χ0n) is 11.9. The van der Waals surface area contributed by atoms with E-state index in [1.165, 1.54) is 5.56 Å². The van der Waals surface area contributed by atoms with E-state index in [0.717, 1.165) is 32.1 Å². The van der Waals surface area contributed by atoms with E-state index in [0.29, 0.717) is 6.54 Å². The number of amides is 2. The van der Waals surface area contributed by atoms with Crippen molar-refractivity contribution < 1.29 is 9.59 Å². The van der Waals surface area contributed by atoms with Crippen LogP contribution in [0.15, 0.2) is 16.8 Å². The molecule has 20 heavy (non-hydrogen) atoms. The van der Waals surface area contributed by atoms with Crippen LogP contribution >= 0.6 is 11.3 Å². The summed E-state index contributed by atoms with van der Waals surface area (Å²) in [5.41, 5.74) is 1.23. The summed E-state index contributed by atoms with van der Waals surface area (Å²) in [6.07, 6.45) is 4.99. The topological polar surface area (TPSA) is 58.2 Å². The lowest BCUT2D eigenvalue weighted by Gasteiger charge is -2.16. The summed E-state index contributed by atoms with van der Waals surface area (Å²) in [6.45, 7) is 2.35. The third-order valence-corrected chi connectivity index (χ3v) is 4.50. The van der Waals surface area contributed by atoms with Gasteiger partial charge in [0, 0.05) is 12.5 Å². The molecule has 4 nitrogen and oxygen atoms in total. The fourth-order valence-corrected chi connectivity index (χ4v) is 3.21. The van der Waals surface area contributed by atoms with Crippen LogP contribution in [-0.4, -0.2) is 24.4 Å². The van der Waals surface area contributed by atoms with E-state index in [1.54, 1.807) is 18.3 Å². The first-order valence-electron chi connectivity index (χ1n) is 7.26. The lowest BCUT2D eigenvalue weighted by atomic mass is 10.1. The Morgan fingerprint density at radius 3 is 2.80 bits per heavy atom.